The Morgan fingerprint density at radius 3 is 2.30 bits per heavy atom. The standard InChI is InChI=1S/C15H22N2O2S/c1-11-3-2-4-15(11)16-12-7-9-14(10-8-12)20(18,19)17-13-5-6-13/h7-11,13,15-17H,2-6H2,1H3. The molecule has 2 aliphatic carbocycles. The summed E-state index contributed by atoms with van der Waals surface area (Å²) in [6.07, 6.45) is 5.66. The zero-order valence-electron chi connectivity index (χ0n) is 11.8. The van der Waals surface area contributed by atoms with Gasteiger partial charge < -0.3 is 5.32 Å². The minimum absolute atomic E-state index is 0.150. The Morgan fingerprint density at radius 1 is 1.05 bits per heavy atom. The first-order chi connectivity index (χ1) is 9.54. The molecule has 2 N–H and O–H groups in total. The van der Waals surface area contributed by atoms with E-state index in [1.807, 2.05) is 12.1 Å². The summed E-state index contributed by atoms with van der Waals surface area (Å²) in [5.41, 5.74) is 1.01. The van der Waals surface area contributed by atoms with E-state index < -0.39 is 10.0 Å². The second-order valence-electron chi connectivity index (χ2n) is 6.08. The predicted molar refractivity (Wildman–Crippen MR) is 80.2 cm³/mol. The van der Waals surface area contributed by atoms with Crippen LogP contribution in [0.2, 0.25) is 0 Å². The van der Waals surface area contributed by atoms with Gasteiger partial charge in [0.25, 0.3) is 0 Å². The van der Waals surface area contributed by atoms with Crippen LogP contribution in [0, 0.1) is 5.92 Å². The van der Waals surface area contributed by atoms with Crippen LogP contribution in [0.5, 0.6) is 0 Å². The van der Waals surface area contributed by atoms with E-state index in [9.17, 15) is 8.42 Å². The van der Waals surface area contributed by atoms with Crippen LogP contribution in [0.4, 0.5) is 5.69 Å². The topological polar surface area (TPSA) is 58.2 Å². The molecule has 0 heterocycles. The van der Waals surface area contributed by atoms with E-state index in [0.29, 0.717) is 16.9 Å². The molecule has 2 aliphatic rings. The first kappa shape index (κ1) is 13.9. The maximum atomic E-state index is 12.1. The van der Waals surface area contributed by atoms with Crippen molar-refractivity contribution in [2.24, 2.45) is 5.92 Å². The molecule has 0 spiro atoms. The normalized spacial score (nSPS) is 26.6. The average Bonchev–Trinajstić information content (AvgIpc) is 3.12. The minimum atomic E-state index is -3.33. The monoisotopic (exact) mass is 294 g/mol. The Kier molecular flexibility index (Phi) is 3.73. The fourth-order valence-corrected chi connectivity index (χ4v) is 4.10. The summed E-state index contributed by atoms with van der Waals surface area (Å²) >= 11 is 0. The summed E-state index contributed by atoms with van der Waals surface area (Å²) in [6, 6.07) is 7.78. The van der Waals surface area contributed by atoms with Gasteiger partial charge in [-0.15, -0.1) is 0 Å². The van der Waals surface area contributed by atoms with Gasteiger partial charge in [-0.1, -0.05) is 13.3 Å². The molecular weight excluding hydrogens is 272 g/mol. The Balaban J connectivity index is 1.67. The van der Waals surface area contributed by atoms with E-state index in [0.717, 1.165) is 18.5 Å². The zero-order chi connectivity index (χ0) is 14.2. The Morgan fingerprint density at radius 2 is 1.75 bits per heavy atom. The largest absolute Gasteiger partial charge is 0.382 e. The Bertz CT molecular complexity index is 564. The smallest absolute Gasteiger partial charge is 0.240 e. The van der Waals surface area contributed by atoms with E-state index in [-0.39, 0.29) is 6.04 Å². The lowest BCUT2D eigenvalue weighted by Gasteiger charge is -2.18. The molecule has 20 heavy (non-hydrogen) atoms. The first-order valence-corrected chi connectivity index (χ1v) is 8.92. The molecule has 5 heteroatoms. The molecule has 2 saturated carbocycles. The highest BCUT2D eigenvalue weighted by atomic mass is 32.2. The summed E-state index contributed by atoms with van der Waals surface area (Å²) in [5, 5.41) is 3.51. The van der Waals surface area contributed by atoms with Gasteiger partial charge in [0.05, 0.1) is 4.90 Å². The number of benzene rings is 1. The molecule has 1 aromatic rings. The average molecular weight is 294 g/mol. The summed E-state index contributed by atoms with van der Waals surface area (Å²) in [5.74, 6) is 0.690. The third-order valence-corrected chi connectivity index (χ3v) is 5.81. The summed E-state index contributed by atoms with van der Waals surface area (Å²) in [6.45, 7) is 2.27. The van der Waals surface area contributed by atoms with Gasteiger partial charge in [-0.25, -0.2) is 13.1 Å². The van der Waals surface area contributed by atoms with E-state index in [4.69, 9.17) is 0 Å². The quantitative estimate of drug-likeness (QED) is 0.878. The lowest BCUT2D eigenvalue weighted by atomic mass is 10.1. The number of hydrogen-bond donors (Lipinski definition) is 2. The zero-order valence-corrected chi connectivity index (χ0v) is 12.6. The van der Waals surface area contributed by atoms with Crippen molar-refractivity contribution in [3.63, 3.8) is 0 Å². The second-order valence-corrected chi connectivity index (χ2v) is 7.79. The van der Waals surface area contributed by atoms with Gasteiger partial charge in [-0.2, -0.15) is 0 Å². The predicted octanol–water partition coefficient (Wildman–Crippen LogP) is 2.73. The van der Waals surface area contributed by atoms with Crippen molar-refractivity contribution in [3.05, 3.63) is 24.3 Å². The third kappa shape index (κ3) is 3.15. The van der Waals surface area contributed by atoms with Crippen molar-refractivity contribution in [1.29, 1.82) is 0 Å². The van der Waals surface area contributed by atoms with E-state index in [1.54, 1.807) is 12.1 Å². The van der Waals surface area contributed by atoms with Crippen LogP contribution in [0.3, 0.4) is 0 Å². The number of nitrogens with one attached hydrogen (secondary N) is 2. The highest BCUT2D eigenvalue weighted by molar-refractivity contribution is 7.89. The summed E-state index contributed by atoms with van der Waals surface area (Å²) in [7, 11) is -3.33. The Hall–Kier alpha value is -1.07. The van der Waals surface area contributed by atoms with Gasteiger partial charge in [0.15, 0.2) is 0 Å². The van der Waals surface area contributed by atoms with Gasteiger partial charge in [-0.3, -0.25) is 0 Å². The first-order valence-electron chi connectivity index (χ1n) is 7.43. The van der Waals surface area contributed by atoms with E-state index in [2.05, 4.69) is 17.0 Å². The van der Waals surface area contributed by atoms with Gasteiger partial charge >= 0.3 is 0 Å². The molecule has 1 aromatic carbocycles. The maximum Gasteiger partial charge on any atom is 0.240 e. The minimum Gasteiger partial charge on any atom is -0.382 e. The Labute approximate surface area is 121 Å². The second kappa shape index (κ2) is 5.37. The highest BCUT2D eigenvalue weighted by Crippen LogP contribution is 2.28. The number of rotatable bonds is 5. The van der Waals surface area contributed by atoms with Gasteiger partial charge in [0.1, 0.15) is 0 Å². The molecule has 2 atom stereocenters. The van der Waals surface area contributed by atoms with Crippen molar-refractivity contribution >= 4 is 15.7 Å². The maximum absolute atomic E-state index is 12.1. The molecule has 110 valence electrons. The lowest BCUT2D eigenvalue weighted by Crippen LogP contribution is -2.25. The van der Waals surface area contributed by atoms with Crippen LogP contribution < -0.4 is 10.0 Å². The van der Waals surface area contributed by atoms with E-state index in [1.165, 1.54) is 19.3 Å². The fourth-order valence-electron chi connectivity index (χ4n) is 2.79. The third-order valence-electron chi connectivity index (χ3n) is 4.28. The van der Waals surface area contributed by atoms with Crippen molar-refractivity contribution < 1.29 is 8.42 Å². The van der Waals surface area contributed by atoms with Crippen LogP contribution in [-0.4, -0.2) is 20.5 Å². The van der Waals surface area contributed by atoms with Crippen LogP contribution in [-0.2, 0) is 10.0 Å². The van der Waals surface area contributed by atoms with Crippen LogP contribution in [0.1, 0.15) is 39.0 Å². The molecule has 0 aliphatic heterocycles. The molecule has 0 aromatic heterocycles. The van der Waals surface area contributed by atoms with Gasteiger partial charge in [0, 0.05) is 17.8 Å². The van der Waals surface area contributed by atoms with Crippen LogP contribution >= 0.6 is 0 Å². The fraction of sp³-hybridized carbons (Fsp3) is 0.600. The van der Waals surface area contributed by atoms with Crippen molar-refractivity contribution in [1.82, 2.24) is 4.72 Å². The molecule has 0 bridgehead atoms. The number of anilines is 1. The number of sulfonamides is 1. The lowest BCUT2D eigenvalue weighted by molar-refractivity contribution is 0.556. The summed E-state index contributed by atoms with van der Waals surface area (Å²) < 4.78 is 26.8. The van der Waals surface area contributed by atoms with Crippen molar-refractivity contribution in [3.8, 4) is 0 Å². The number of hydrogen-bond acceptors (Lipinski definition) is 3. The van der Waals surface area contributed by atoms with Crippen LogP contribution in [0.25, 0.3) is 0 Å². The van der Waals surface area contributed by atoms with Crippen molar-refractivity contribution in [2.75, 3.05) is 5.32 Å². The molecular formula is C15H22N2O2S. The van der Waals surface area contributed by atoms with Crippen LogP contribution in [0.15, 0.2) is 29.2 Å². The molecule has 2 unspecified atom stereocenters. The molecule has 0 radical (unpaired) electrons. The molecule has 2 fully saturated rings. The van der Waals surface area contributed by atoms with Crippen molar-refractivity contribution in [2.45, 2.75) is 56.0 Å². The summed E-state index contributed by atoms with van der Waals surface area (Å²) in [4.78, 5) is 0.356. The SMILES string of the molecule is CC1CCCC1Nc1ccc(S(=O)(=O)NC2CC2)cc1. The molecule has 4 nitrogen and oxygen atoms in total. The van der Waals surface area contributed by atoms with Gasteiger partial charge in [0.2, 0.25) is 10.0 Å². The van der Waals surface area contributed by atoms with E-state index >= 15 is 0 Å². The van der Waals surface area contributed by atoms with Gasteiger partial charge in [-0.05, 0) is 55.9 Å². The molecule has 0 amide bonds. The molecule has 0 saturated heterocycles. The molecule has 3 rings (SSSR count). The highest BCUT2D eigenvalue weighted by Gasteiger charge is 2.28.